The van der Waals surface area contributed by atoms with Crippen molar-refractivity contribution in [3.63, 3.8) is 0 Å². The lowest BCUT2D eigenvalue weighted by Gasteiger charge is -2.33. The lowest BCUT2D eigenvalue weighted by Crippen LogP contribution is -2.39. The number of aromatic nitrogens is 1. The van der Waals surface area contributed by atoms with E-state index in [0.717, 1.165) is 31.1 Å². The van der Waals surface area contributed by atoms with Gasteiger partial charge in [-0.05, 0) is 50.9 Å². The van der Waals surface area contributed by atoms with E-state index in [0.29, 0.717) is 17.7 Å². The Morgan fingerprint density at radius 1 is 1.38 bits per heavy atom. The molecule has 6 heteroatoms. The standard InChI is InChI=1S/C15H21N3O2.ClH/c1-11(16)12-4-6-18(7-5-12)10-13-9-15(20-17-13)14-3-2-8-19-14;/h2-3,8-9,11-12H,4-7,10,16H2,1H3;1H. The summed E-state index contributed by atoms with van der Waals surface area (Å²) in [6, 6.07) is 5.97. The van der Waals surface area contributed by atoms with Crippen LogP contribution in [0.25, 0.3) is 11.5 Å². The second-order valence-corrected chi connectivity index (χ2v) is 5.63. The van der Waals surface area contributed by atoms with Crippen molar-refractivity contribution in [2.45, 2.75) is 32.4 Å². The molecule has 1 aliphatic rings. The third-order valence-corrected chi connectivity index (χ3v) is 4.08. The van der Waals surface area contributed by atoms with Gasteiger partial charge in [0.15, 0.2) is 5.76 Å². The molecule has 1 unspecified atom stereocenters. The summed E-state index contributed by atoms with van der Waals surface area (Å²) in [5, 5.41) is 4.12. The first kappa shape index (κ1) is 16.1. The zero-order valence-corrected chi connectivity index (χ0v) is 13.0. The van der Waals surface area contributed by atoms with Gasteiger partial charge in [-0.2, -0.15) is 0 Å². The topological polar surface area (TPSA) is 68.4 Å². The number of furan rings is 1. The maximum absolute atomic E-state index is 5.97. The van der Waals surface area contributed by atoms with E-state index in [1.54, 1.807) is 6.26 Å². The molecule has 3 heterocycles. The minimum absolute atomic E-state index is 0. The predicted octanol–water partition coefficient (Wildman–Crippen LogP) is 2.92. The second-order valence-electron chi connectivity index (χ2n) is 5.63. The van der Waals surface area contributed by atoms with Crippen molar-refractivity contribution in [2.75, 3.05) is 13.1 Å². The molecule has 21 heavy (non-hydrogen) atoms. The molecule has 0 saturated carbocycles. The number of piperidine rings is 1. The maximum Gasteiger partial charge on any atom is 0.202 e. The fourth-order valence-electron chi connectivity index (χ4n) is 2.79. The van der Waals surface area contributed by atoms with Gasteiger partial charge in [-0.25, -0.2) is 0 Å². The van der Waals surface area contributed by atoms with Crippen LogP contribution in [0.1, 0.15) is 25.5 Å². The molecule has 1 atom stereocenters. The molecule has 3 rings (SSSR count). The molecule has 0 amide bonds. The molecule has 2 aromatic heterocycles. The molecular weight excluding hydrogens is 290 g/mol. The average molecular weight is 312 g/mol. The van der Waals surface area contributed by atoms with Crippen LogP contribution in [-0.2, 0) is 6.54 Å². The SMILES string of the molecule is CC(N)C1CCN(Cc2cc(-c3ccco3)on2)CC1.Cl. The first-order valence-corrected chi connectivity index (χ1v) is 7.20. The number of nitrogens with zero attached hydrogens (tertiary/aromatic N) is 2. The molecular formula is C15H22ClN3O2. The molecule has 116 valence electrons. The summed E-state index contributed by atoms with van der Waals surface area (Å²) < 4.78 is 10.6. The Labute approximate surface area is 130 Å². The van der Waals surface area contributed by atoms with Gasteiger partial charge >= 0.3 is 0 Å². The summed E-state index contributed by atoms with van der Waals surface area (Å²) in [4.78, 5) is 2.41. The average Bonchev–Trinajstić information content (AvgIpc) is 3.09. The molecule has 0 aliphatic carbocycles. The zero-order chi connectivity index (χ0) is 13.9. The fraction of sp³-hybridized carbons (Fsp3) is 0.533. The van der Waals surface area contributed by atoms with Crippen molar-refractivity contribution in [3.05, 3.63) is 30.2 Å². The lowest BCUT2D eigenvalue weighted by molar-refractivity contribution is 0.162. The first-order valence-electron chi connectivity index (χ1n) is 7.20. The highest BCUT2D eigenvalue weighted by atomic mass is 35.5. The van der Waals surface area contributed by atoms with Crippen LogP contribution < -0.4 is 5.73 Å². The van der Waals surface area contributed by atoms with Crippen molar-refractivity contribution in [1.82, 2.24) is 10.1 Å². The van der Waals surface area contributed by atoms with Crippen LogP contribution in [-0.4, -0.2) is 29.2 Å². The Morgan fingerprint density at radius 2 is 2.14 bits per heavy atom. The Bertz CT molecular complexity index is 531. The Morgan fingerprint density at radius 3 is 2.76 bits per heavy atom. The normalized spacial score (nSPS) is 18.4. The highest BCUT2D eigenvalue weighted by Gasteiger charge is 2.22. The quantitative estimate of drug-likeness (QED) is 0.940. The van der Waals surface area contributed by atoms with E-state index in [2.05, 4.69) is 17.0 Å². The lowest BCUT2D eigenvalue weighted by atomic mass is 9.91. The number of rotatable bonds is 4. The number of likely N-dealkylation sites (tertiary alicyclic amines) is 1. The van der Waals surface area contributed by atoms with Gasteiger partial charge in [-0.15, -0.1) is 12.4 Å². The predicted molar refractivity (Wildman–Crippen MR) is 83.1 cm³/mol. The van der Waals surface area contributed by atoms with E-state index in [9.17, 15) is 0 Å². The van der Waals surface area contributed by atoms with Crippen molar-refractivity contribution >= 4 is 12.4 Å². The van der Waals surface area contributed by atoms with E-state index in [1.165, 1.54) is 12.8 Å². The first-order chi connectivity index (χ1) is 9.72. The smallest absolute Gasteiger partial charge is 0.202 e. The number of halogens is 1. The van der Waals surface area contributed by atoms with Crippen LogP contribution in [0.4, 0.5) is 0 Å². The summed E-state index contributed by atoms with van der Waals surface area (Å²) in [5.41, 5.74) is 6.92. The Hall–Kier alpha value is -1.30. The van der Waals surface area contributed by atoms with Gasteiger partial charge in [-0.1, -0.05) is 5.16 Å². The Balaban J connectivity index is 0.00000161. The Kier molecular flexibility index (Phi) is 5.45. The molecule has 0 aromatic carbocycles. The van der Waals surface area contributed by atoms with Crippen molar-refractivity contribution in [1.29, 1.82) is 0 Å². The zero-order valence-electron chi connectivity index (χ0n) is 12.2. The van der Waals surface area contributed by atoms with Gasteiger partial charge in [0.05, 0.1) is 12.0 Å². The molecule has 2 aromatic rings. The molecule has 0 radical (unpaired) electrons. The molecule has 1 aliphatic heterocycles. The minimum Gasteiger partial charge on any atom is -0.461 e. The summed E-state index contributed by atoms with van der Waals surface area (Å²) in [6.07, 6.45) is 3.97. The summed E-state index contributed by atoms with van der Waals surface area (Å²) in [6.45, 7) is 5.09. The summed E-state index contributed by atoms with van der Waals surface area (Å²) in [5.74, 6) is 2.07. The van der Waals surface area contributed by atoms with Crippen molar-refractivity contribution in [3.8, 4) is 11.5 Å². The summed E-state index contributed by atoms with van der Waals surface area (Å²) in [7, 11) is 0. The van der Waals surface area contributed by atoms with Gasteiger partial charge in [0.1, 0.15) is 0 Å². The van der Waals surface area contributed by atoms with Crippen molar-refractivity contribution < 1.29 is 8.94 Å². The van der Waals surface area contributed by atoms with Crippen LogP contribution in [0.2, 0.25) is 0 Å². The van der Waals surface area contributed by atoms with Gasteiger partial charge in [-0.3, -0.25) is 4.90 Å². The van der Waals surface area contributed by atoms with Gasteiger partial charge < -0.3 is 14.7 Å². The number of nitrogens with two attached hydrogens (primary N) is 1. The van der Waals surface area contributed by atoms with E-state index >= 15 is 0 Å². The monoisotopic (exact) mass is 311 g/mol. The fourth-order valence-corrected chi connectivity index (χ4v) is 2.79. The molecule has 2 N–H and O–H groups in total. The van der Waals surface area contributed by atoms with Gasteiger partial charge in [0.25, 0.3) is 0 Å². The van der Waals surface area contributed by atoms with E-state index < -0.39 is 0 Å². The van der Waals surface area contributed by atoms with Crippen molar-refractivity contribution in [2.24, 2.45) is 11.7 Å². The minimum atomic E-state index is 0. The summed E-state index contributed by atoms with van der Waals surface area (Å²) >= 11 is 0. The van der Waals surface area contributed by atoms with E-state index in [1.807, 2.05) is 18.2 Å². The highest BCUT2D eigenvalue weighted by molar-refractivity contribution is 5.85. The maximum atomic E-state index is 5.97. The molecule has 0 bridgehead atoms. The third-order valence-electron chi connectivity index (χ3n) is 4.08. The van der Waals surface area contributed by atoms with Crippen LogP contribution in [0.5, 0.6) is 0 Å². The molecule has 1 fully saturated rings. The van der Waals surface area contributed by atoms with Crippen LogP contribution >= 0.6 is 12.4 Å². The second kappa shape index (κ2) is 7.11. The van der Waals surface area contributed by atoms with Gasteiger partial charge in [0.2, 0.25) is 5.76 Å². The van der Waals surface area contributed by atoms with Crippen LogP contribution in [0.3, 0.4) is 0 Å². The van der Waals surface area contributed by atoms with E-state index in [4.69, 9.17) is 14.7 Å². The van der Waals surface area contributed by atoms with E-state index in [-0.39, 0.29) is 12.4 Å². The molecule has 5 nitrogen and oxygen atoms in total. The third kappa shape index (κ3) is 3.87. The van der Waals surface area contributed by atoms with Gasteiger partial charge in [0, 0.05) is 18.7 Å². The number of hydrogen-bond acceptors (Lipinski definition) is 5. The van der Waals surface area contributed by atoms with Crippen LogP contribution in [0.15, 0.2) is 33.4 Å². The molecule has 0 spiro atoms. The number of hydrogen-bond donors (Lipinski definition) is 1. The highest BCUT2D eigenvalue weighted by Crippen LogP contribution is 2.23. The largest absolute Gasteiger partial charge is 0.461 e. The molecule has 1 saturated heterocycles. The van der Waals surface area contributed by atoms with Crippen LogP contribution in [0, 0.1) is 5.92 Å².